The molecule has 3 aromatic carbocycles. The lowest BCUT2D eigenvalue weighted by atomic mass is 10.1. The molecule has 0 unspecified atom stereocenters. The van der Waals surface area contributed by atoms with Gasteiger partial charge in [-0.25, -0.2) is 8.42 Å². The van der Waals surface area contributed by atoms with Gasteiger partial charge in [0.15, 0.2) is 6.61 Å². The maximum Gasteiger partial charge on any atom is 0.262 e. The van der Waals surface area contributed by atoms with E-state index in [1.807, 2.05) is 32.0 Å². The Kier molecular flexibility index (Phi) is 7.05. The zero-order chi connectivity index (χ0) is 23.3. The minimum atomic E-state index is -3.86. The van der Waals surface area contributed by atoms with Gasteiger partial charge in [0.05, 0.1) is 12.0 Å². The SMILES string of the molecule is COc1ccc(NS(=O)(=O)c2cc(NC(=O)COc3c(C)cccc3C)ccc2C)cc1. The van der Waals surface area contributed by atoms with E-state index in [0.717, 1.165) is 11.1 Å². The molecule has 168 valence electrons. The van der Waals surface area contributed by atoms with Crippen molar-refractivity contribution in [1.29, 1.82) is 0 Å². The monoisotopic (exact) mass is 454 g/mol. The van der Waals surface area contributed by atoms with Gasteiger partial charge in [-0.2, -0.15) is 0 Å². The van der Waals surface area contributed by atoms with Gasteiger partial charge < -0.3 is 14.8 Å². The second kappa shape index (κ2) is 9.74. The molecule has 0 aromatic heterocycles. The fraction of sp³-hybridized carbons (Fsp3) is 0.208. The summed E-state index contributed by atoms with van der Waals surface area (Å²) in [6, 6.07) is 17.0. The van der Waals surface area contributed by atoms with E-state index in [2.05, 4.69) is 10.0 Å². The van der Waals surface area contributed by atoms with Crippen LogP contribution in [0.5, 0.6) is 11.5 Å². The van der Waals surface area contributed by atoms with E-state index >= 15 is 0 Å². The van der Waals surface area contributed by atoms with Crippen molar-refractivity contribution >= 4 is 27.3 Å². The van der Waals surface area contributed by atoms with Crippen molar-refractivity contribution in [2.75, 3.05) is 23.8 Å². The largest absolute Gasteiger partial charge is 0.497 e. The van der Waals surface area contributed by atoms with Crippen LogP contribution in [0.2, 0.25) is 0 Å². The van der Waals surface area contributed by atoms with E-state index in [1.54, 1.807) is 43.3 Å². The number of hydrogen-bond acceptors (Lipinski definition) is 5. The summed E-state index contributed by atoms with van der Waals surface area (Å²) in [4.78, 5) is 12.5. The summed E-state index contributed by atoms with van der Waals surface area (Å²) in [6.45, 7) is 5.32. The first-order valence-electron chi connectivity index (χ1n) is 9.96. The number of ether oxygens (including phenoxy) is 2. The summed E-state index contributed by atoms with van der Waals surface area (Å²) in [5, 5.41) is 2.70. The molecule has 0 fully saturated rings. The molecule has 7 nitrogen and oxygen atoms in total. The number of rotatable bonds is 8. The van der Waals surface area contributed by atoms with E-state index in [0.29, 0.717) is 28.4 Å². The molecular weight excluding hydrogens is 428 g/mol. The first-order valence-corrected chi connectivity index (χ1v) is 11.4. The van der Waals surface area contributed by atoms with Gasteiger partial charge in [0.2, 0.25) is 0 Å². The summed E-state index contributed by atoms with van der Waals surface area (Å²) < 4.78 is 39.1. The van der Waals surface area contributed by atoms with Crippen LogP contribution in [0.15, 0.2) is 65.6 Å². The van der Waals surface area contributed by atoms with Crippen molar-refractivity contribution < 1.29 is 22.7 Å². The highest BCUT2D eigenvalue weighted by Gasteiger charge is 2.18. The lowest BCUT2D eigenvalue weighted by Crippen LogP contribution is -2.21. The van der Waals surface area contributed by atoms with Gasteiger partial charge in [-0.05, 0) is 73.9 Å². The van der Waals surface area contributed by atoms with Crippen LogP contribution in [0.1, 0.15) is 16.7 Å². The number of para-hydroxylation sites is 1. The highest BCUT2D eigenvalue weighted by atomic mass is 32.2. The summed E-state index contributed by atoms with van der Waals surface area (Å²) >= 11 is 0. The molecule has 8 heteroatoms. The Hall–Kier alpha value is -3.52. The molecular formula is C24H26N2O5S. The van der Waals surface area contributed by atoms with Gasteiger partial charge in [-0.15, -0.1) is 0 Å². The molecule has 0 saturated carbocycles. The van der Waals surface area contributed by atoms with Gasteiger partial charge in [0.25, 0.3) is 15.9 Å². The lowest BCUT2D eigenvalue weighted by molar-refractivity contribution is -0.118. The number of carbonyl (C=O) groups is 1. The third-order valence-corrected chi connectivity index (χ3v) is 6.38. The number of aryl methyl sites for hydroxylation is 3. The van der Waals surface area contributed by atoms with Crippen molar-refractivity contribution in [3.8, 4) is 11.5 Å². The number of benzene rings is 3. The number of amides is 1. The van der Waals surface area contributed by atoms with E-state index in [1.165, 1.54) is 13.2 Å². The first kappa shape index (κ1) is 23.1. The van der Waals surface area contributed by atoms with Crippen LogP contribution in [0.3, 0.4) is 0 Å². The highest BCUT2D eigenvalue weighted by Crippen LogP contribution is 2.25. The summed E-state index contributed by atoms with van der Waals surface area (Å²) in [5.41, 5.74) is 3.19. The minimum Gasteiger partial charge on any atom is -0.497 e. The van der Waals surface area contributed by atoms with Crippen LogP contribution in [0, 0.1) is 20.8 Å². The number of nitrogens with one attached hydrogen (secondary N) is 2. The maximum atomic E-state index is 12.9. The van der Waals surface area contributed by atoms with Crippen molar-refractivity contribution in [2.24, 2.45) is 0 Å². The van der Waals surface area contributed by atoms with E-state index < -0.39 is 10.0 Å². The van der Waals surface area contributed by atoms with E-state index in [9.17, 15) is 13.2 Å². The molecule has 0 spiro atoms. The molecule has 32 heavy (non-hydrogen) atoms. The second-order valence-electron chi connectivity index (χ2n) is 7.37. The Morgan fingerprint density at radius 1 is 0.875 bits per heavy atom. The van der Waals surface area contributed by atoms with Crippen LogP contribution in [0.25, 0.3) is 0 Å². The fourth-order valence-electron chi connectivity index (χ4n) is 3.20. The standard InChI is InChI=1S/C24H26N2O5S/c1-16-8-9-20(25-23(27)15-31-24-17(2)6-5-7-18(24)3)14-22(16)32(28,29)26-19-10-12-21(30-4)13-11-19/h5-14,26H,15H2,1-4H3,(H,25,27). The van der Waals surface area contributed by atoms with Gasteiger partial charge in [-0.1, -0.05) is 24.3 Å². The molecule has 0 saturated heterocycles. The van der Waals surface area contributed by atoms with Crippen molar-refractivity contribution in [3.63, 3.8) is 0 Å². The number of methoxy groups -OCH3 is 1. The molecule has 0 aliphatic carbocycles. The molecule has 0 atom stereocenters. The number of sulfonamides is 1. The molecule has 0 heterocycles. The maximum absolute atomic E-state index is 12.9. The Morgan fingerprint density at radius 2 is 1.50 bits per heavy atom. The summed E-state index contributed by atoms with van der Waals surface area (Å²) in [5.74, 6) is 0.901. The summed E-state index contributed by atoms with van der Waals surface area (Å²) in [7, 11) is -2.32. The zero-order valence-corrected chi connectivity index (χ0v) is 19.2. The van der Waals surface area contributed by atoms with Gasteiger partial charge >= 0.3 is 0 Å². The van der Waals surface area contributed by atoms with Gasteiger partial charge in [0, 0.05) is 11.4 Å². The minimum absolute atomic E-state index is 0.0711. The van der Waals surface area contributed by atoms with Crippen LogP contribution < -0.4 is 19.5 Å². The molecule has 2 N–H and O–H groups in total. The molecule has 0 bridgehead atoms. The van der Waals surface area contributed by atoms with Gasteiger partial charge in [-0.3, -0.25) is 9.52 Å². The highest BCUT2D eigenvalue weighted by molar-refractivity contribution is 7.92. The lowest BCUT2D eigenvalue weighted by Gasteiger charge is -2.14. The number of carbonyl (C=O) groups excluding carboxylic acids is 1. The molecule has 0 aliphatic heterocycles. The Morgan fingerprint density at radius 3 is 2.12 bits per heavy atom. The van der Waals surface area contributed by atoms with Crippen molar-refractivity contribution in [3.05, 3.63) is 77.4 Å². The van der Waals surface area contributed by atoms with Crippen LogP contribution in [-0.2, 0) is 14.8 Å². The predicted molar refractivity (Wildman–Crippen MR) is 125 cm³/mol. The average Bonchev–Trinajstić information content (AvgIpc) is 2.75. The van der Waals surface area contributed by atoms with Gasteiger partial charge in [0.1, 0.15) is 11.5 Å². The smallest absolute Gasteiger partial charge is 0.262 e. The molecule has 0 radical (unpaired) electrons. The quantitative estimate of drug-likeness (QED) is 0.525. The van der Waals surface area contributed by atoms with Crippen LogP contribution >= 0.6 is 0 Å². The molecule has 3 rings (SSSR count). The fourth-order valence-corrected chi connectivity index (χ4v) is 4.53. The Balaban J connectivity index is 1.72. The number of hydrogen-bond donors (Lipinski definition) is 2. The average molecular weight is 455 g/mol. The topological polar surface area (TPSA) is 93.7 Å². The van der Waals surface area contributed by atoms with Crippen molar-refractivity contribution in [2.45, 2.75) is 25.7 Å². The normalized spacial score (nSPS) is 11.0. The van der Waals surface area contributed by atoms with Crippen LogP contribution in [0.4, 0.5) is 11.4 Å². The predicted octanol–water partition coefficient (Wildman–Crippen LogP) is 4.44. The molecule has 3 aromatic rings. The number of anilines is 2. The van der Waals surface area contributed by atoms with E-state index in [-0.39, 0.29) is 17.4 Å². The van der Waals surface area contributed by atoms with Crippen LogP contribution in [-0.4, -0.2) is 28.0 Å². The zero-order valence-electron chi connectivity index (χ0n) is 18.4. The second-order valence-corrected chi connectivity index (χ2v) is 9.02. The molecule has 0 aliphatic rings. The molecule has 1 amide bonds. The first-order chi connectivity index (χ1) is 15.2. The third kappa shape index (κ3) is 5.59. The van der Waals surface area contributed by atoms with Crippen molar-refractivity contribution in [1.82, 2.24) is 0 Å². The van der Waals surface area contributed by atoms with E-state index in [4.69, 9.17) is 9.47 Å². The Bertz CT molecular complexity index is 1200. The third-order valence-electron chi connectivity index (χ3n) is 4.86. The summed E-state index contributed by atoms with van der Waals surface area (Å²) in [6.07, 6.45) is 0. The Labute approximate surface area is 188 Å².